The summed E-state index contributed by atoms with van der Waals surface area (Å²) in [5, 5.41) is 0. The monoisotopic (exact) mass is 311 g/mol. The van der Waals surface area contributed by atoms with Crippen molar-refractivity contribution in [3.63, 3.8) is 0 Å². The molecule has 0 bridgehead atoms. The average Bonchev–Trinajstić information content (AvgIpc) is 2.45. The van der Waals surface area contributed by atoms with Gasteiger partial charge in [0.2, 0.25) is 10.0 Å². The van der Waals surface area contributed by atoms with E-state index in [-0.39, 0.29) is 12.5 Å². The Morgan fingerprint density at radius 2 is 1.90 bits per heavy atom. The minimum absolute atomic E-state index is 0.0680. The standard InChI is InChI=1S/C14H21N3O3S/c1-21(19,20)16-13-8-11(10-15)7-12(9-13)14(18)17-5-3-2-4-6-17/h7-9,16H,2-6,10,15H2,1H3. The molecule has 1 saturated heterocycles. The number of carbonyl (C=O) groups is 1. The van der Waals surface area contributed by atoms with Gasteiger partial charge in [-0.15, -0.1) is 0 Å². The van der Waals surface area contributed by atoms with Crippen LogP contribution in [0.2, 0.25) is 0 Å². The van der Waals surface area contributed by atoms with Crippen molar-refractivity contribution in [2.24, 2.45) is 5.73 Å². The maximum absolute atomic E-state index is 12.5. The predicted molar refractivity (Wildman–Crippen MR) is 82.6 cm³/mol. The number of carbonyl (C=O) groups excluding carboxylic acids is 1. The maximum Gasteiger partial charge on any atom is 0.253 e. The van der Waals surface area contributed by atoms with E-state index in [9.17, 15) is 13.2 Å². The number of anilines is 1. The lowest BCUT2D eigenvalue weighted by Crippen LogP contribution is -2.35. The summed E-state index contributed by atoms with van der Waals surface area (Å²) in [6.45, 7) is 1.75. The van der Waals surface area contributed by atoms with Gasteiger partial charge in [0.05, 0.1) is 6.26 Å². The Kier molecular flexibility index (Phi) is 4.84. The molecule has 1 heterocycles. The fraction of sp³-hybridized carbons (Fsp3) is 0.500. The molecule has 1 aliphatic heterocycles. The topological polar surface area (TPSA) is 92.5 Å². The lowest BCUT2D eigenvalue weighted by molar-refractivity contribution is 0.0724. The third-order valence-corrected chi connectivity index (χ3v) is 4.03. The molecule has 0 aliphatic carbocycles. The van der Waals surface area contributed by atoms with Gasteiger partial charge >= 0.3 is 0 Å². The van der Waals surface area contributed by atoms with Crippen molar-refractivity contribution in [2.75, 3.05) is 24.1 Å². The van der Waals surface area contributed by atoms with Crippen LogP contribution >= 0.6 is 0 Å². The second-order valence-corrected chi connectivity index (χ2v) is 7.10. The molecule has 0 spiro atoms. The molecule has 1 aliphatic rings. The molecule has 116 valence electrons. The first-order valence-corrected chi connectivity index (χ1v) is 8.89. The zero-order valence-corrected chi connectivity index (χ0v) is 12.9. The molecule has 0 atom stereocenters. The molecule has 1 aromatic carbocycles. The van der Waals surface area contributed by atoms with Crippen LogP contribution in [0.5, 0.6) is 0 Å². The van der Waals surface area contributed by atoms with Gasteiger partial charge in [0, 0.05) is 30.9 Å². The highest BCUT2D eigenvalue weighted by molar-refractivity contribution is 7.92. The smallest absolute Gasteiger partial charge is 0.253 e. The van der Waals surface area contributed by atoms with E-state index >= 15 is 0 Å². The molecule has 1 aromatic rings. The van der Waals surface area contributed by atoms with Crippen molar-refractivity contribution in [3.8, 4) is 0 Å². The zero-order valence-electron chi connectivity index (χ0n) is 12.1. The largest absolute Gasteiger partial charge is 0.339 e. The Balaban J connectivity index is 2.29. The first-order valence-electron chi connectivity index (χ1n) is 7.00. The van der Waals surface area contributed by atoms with Crippen molar-refractivity contribution in [3.05, 3.63) is 29.3 Å². The Hall–Kier alpha value is -1.60. The van der Waals surface area contributed by atoms with E-state index in [1.54, 1.807) is 18.2 Å². The van der Waals surface area contributed by atoms with Crippen molar-refractivity contribution in [1.82, 2.24) is 4.90 Å². The molecular weight excluding hydrogens is 290 g/mol. The quantitative estimate of drug-likeness (QED) is 0.872. The number of rotatable bonds is 4. The number of likely N-dealkylation sites (tertiary alicyclic amines) is 1. The van der Waals surface area contributed by atoms with Crippen molar-refractivity contribution >= 4 is 21.6 Å². The van der Waals surface area contributed by atoms with Crippen LogP contribution in [0.1, 0.15) is 35.2 Å². The number of sulfonamides is 1. The van der Waals surface area contributed by atoms with Crippen LogP contribution in [0.3, 0.4) is 0 Å². The molecule has 0 radical (unpaired) electrons. The molecule has 0 unspecified atom stereocenters. The van der Waals surface area contributed by atoms with Gasteiger partial charge in [-0.1, -0.05) is 0 Å². The Bertz CT molecular complexity index is 622. The van der Waals surface area contributed by atoms with Gasteiger partial charge in [-0.3, -0.25) is 9.52 Å². The van der Waals surface area contributed by atoms with E-state index in [0.717, 1.165) is 44.2 Å². The summed E-state index contributed by atoms with van der Waals surface area (Å²) < 4.78 is 25.1. The summed E-state index contributed by atoms with van der Waals surface area (Å²) >= 11 is 0. The van der Waals surface area contributed by atoms with Crippen LogP contribution in [-0.4, -0.2) is 38.6 Å². The Morgan fingerprint density at radius 3 is 2.48 bits per heavy atom. The molecule has 7 heteroatoms. The summed E-state index contributed by atoms with van der Waals surface area (Å²) in [4.78, 5) is 14.3. The van der Waals surface area contributed by atoms with Gasteiger partial charge in [-0.05, 0) is 43.0 Å². The molecule has 0 aromatic heterocycles. The molecular formula is C14H21N3O3S. The van der Waals surface area contributed by atoms with Gasteiger partial charge in [-0.25, -0.2) is 8.42 Å². The van der Waals surface area contributed by atoms with Crippen molar-refractivity contribution in [1.29, 1.82) is 0 Å². The predicted octanol–water partition coefficient (Wildman–Crippen LogP) is 1.14. The minimum atomic E-state index is -3.39. The van der Waals surface area contributed by atoms with Crippen LogP contribution < -0.4 is 10.5 Å². The second kappa shape index (κ2) is 6.44. The highest BCUT2D eigenvalue weighted by Gasteiger charge is 2.19. The van der Waals surface area contributed by atoms with Gasteiger partial charge in [0.1, 0.15) is 0 Å². The van der Waals surface area contributed by atoms with Gasteiger partial charge < -0.3 is 10.6 Å². The number of amides is 1. The molecule has 6 nitrogen and oxygen atoms in total. The van der Waals surface area contributed by atoms with Crippen LogP contribution in [0.25, 0.3) is 0 Å². The van der Waals surface area contributed by atoms with E-state index in [4.69, 9.17) is 5.73 Å². The van der Waals surface area contributed by atoms with Crippen molar-refractivity contribution in [2.45, 2.75) is 25.8 Å². The Morgan fingerprint density at radius 1 is 1.24 bits per heavy atom. The first-order chi connectivity index (χ1) is 9.89. The molecule has 21 heavy (non-hydrogen) atoms. The minimum Gasteiger partial charge on any atom is -0.339 e. The maximum atomic E-state index is 12.5. The number of nitrogens with zero attached hydrogens (tertiary/aromatic N) is 1. The number of piperidine rings is 1. The SMILES string of the molecule is CS(=O)(=O)Nc1cc(CN)cc(C(=O)N2CCCCC2)c1. The second-order valence-electron chi connectivity index (χ2n) is 5.35. The first kappa shape index (κ1) is 15.8. The highest BCUT2D eigenvalue weighted by Crippen LogP contribution is 2.19. The molecule has 1 amide bonds. The van der Waals surface area contributed by atoms with E-state index in [1.807, 2.05) is 4.90 Å². The van der Waals surface area contributed by atoms with E-state index < -0.39 is 10.0 Å². The fourth-order valence-corrected chi connectivity index (χ4v) is 3.03. The number of hydrogen-bond acceptors (Lipinski definition) is 4. The third kappa shape index (κ3) is 4.44. The van der Waals surface area contributed by atoms with E-state index in [0.29, 0.717) is 11.3 Å². The number of benzene rings is 1. The molecule has 1 fully saturated rings. The third-order valence-electron chi connectivity index (χ3n) is 3.42. The number of nitrogens with one attached hydrogen (secondary N) is 1. The van der Waals surface area contributed by atoms with Crippen LogP contribution in [0.15, 0.2) is 18.2 Å². The van der Waals surface area contributed by atoms with Crippen molar-refractivity contribution < 1.29 is 13.2 Å². The molecule has 3 N–H and O–H groups in total. The number of hydrogen-bond donors (Lipinski definition) is 2. The summed E-state index contributed by atoms with van der Waals surface area (Å²) in [6, 6.07) is 4.94. The lowest BCUT2D eigenvalue weighted by Gasteiger charge is -2.27. The summed E-state index contributed by atoms with van der Waals surface area (Å²) in [6.07, 6.45) is 4.25. The lowest BCUT2D eigenvalue weighted by atomic mass is 10.1. The summed E-state index contributed by atoms with van der Waals surface area (Å²) in [7, 11) is -3.39. The fourth-order valence-electron chi connectivity index (χ4n) is 2.49. The highest BCUT2D eigenvalue weighted by atomic mass is 32.2. The normalized spacial score (nSPS) is 15.8. The molecule has 0 saturated carbocycles. The molecule has 2 rings (SSSR count). The van der Waals surface area contributed by atoms with Gasteiger partial charge in [0.25, 0.3) is 5.91 Å². The summed E-state index contributed by atoms with van der Waals surface area (Å²) in [5.41, 5.74) is 7.21. The van der Waals surface area contributed by atoms with Gasteiger partial charge in [0.15, 0.2) is 0 Å². The average molecular weight is 311 g/mol. The van der Waals surface area contributed by atoms with Crippen LogP contribution in [0, 0.1) is 0 Å². The van der Waals surface area contributed by atoms with Crippen LogP contribution in [0.4, 0.5) is 5.69 Å². The summed E-state index contributed by atoms with van der Waals surface area (Å²) in [5.74, 6) is -0.0680. The van der Waals surface area contributed by atoms with Crippen LogP contribution in [-0.2, 0) is 16.6 Å². The zero-order chi connectivity index (χ0) is 15.5. The van der Waals surface area contributed by atoms with E-state index in [1.165, 1.54) is 0 Å². The Labute approximate surface area is 125 Å². The van der Waals surface area contributed by atoms with E-state index in [2.05, 4.69) is 4.72 Å². The number of nitrogens with two attached hydrogens (primary N) is 1. The van der Waals surface area contributed by atoms with Gasteiger partial charge in [-0.2, -0.15) is 0 Å².